The SMILES string of the molecule is CCNC(=NCc1ccn(C)c1)NCCCSc1nccs1. The third-order valence-electron chi connectivity index (χ3n) is 2.91. The number of aliphatic imine (C=N–C) groups is 1. The third-order valence-corrected chi connectivity index (χ3v) is 4.96. The Morgan fingerprint density at radius 2 is 2.36 bits per heavy atom. The molecule has 0 radical (unpaired) electrons. The maximum Gasteiger partial charge on any atom is 0.191 e. The number of hydrogen-bond acceptors (Lipinski definition) is 4. The zero-order chi connectivity index (χ0) is 15.6. The number of aromatic nitrogens is 2. The Bertz CT molecular complexity index is 562. The van der Waals surface area contributed by atoms with Crippen molar-refractivity contribution in [2.45, 2.75) is 24.2 Å². The first kappa shape index (κ1) is 16.9. The molecular weight excluding hydrogens is 314 g/mol. The van der Waals surface area contributed by atoms with E-state index in [9.17, 15) is 0 Å². The van der Waals surface area contributed by atoms with Gasteiger partial charge in [-0.25, -0.2) is 9.98 Å². The van der Waals surface area contributed by atoms with Crippen molar-refractivity contribution in [2.75, 3.05) is 18.8 Å². The number of nitrogens with zero attached hydrogens (tertiary/aromatic N) is 3. The van der Waals surface area contributed by atoms with Gasteiger partial charge in [-0.05, 0) is 25.0 Å². The second kappa shape index (κ2) is 9.53. The average Bonchev–Trinajstić information content (AvgIpc) is 3.16. The summed E-state index contributed by atoms with van der Waals surface area (Å²) in [6.45, 7) is 4.57. The summed E-state index contributed by atoms with van der Waals surface area (Å²) in [5.74, 6) is 1.95. The number of thioether (sulfide) groups is 1. The Balaban J connectivity index is 1.69. The van der Waals surface area contributed by atoms with E-state index in [0.29, 0.717) is 6.54 Å². The molecule has 120 valence electrons. The second-order valence-corrected chi connectivity index (χ2v) is 7.04. The second-order valence-electron chi connectivity index (χ2n) is 4.81. The van der Waals surface area contributed by atoms with E-state index in [0.717, 1.165) is 35.6 Å². The van der Waals surface area contributed by atoms with E-state index >= 15 is 0 Å². The van der Waals surface area contributed by atoms with Crippen molar-refractivity contribution >= 4 is 29.1 Å². The van der Waals surface area contributed by atoms with Gasteiger partial charge in [0.15, 0.2) is 5.96 Å². The Kier molecular flexibility index (Phi) is 7.32. The molecule has 2 N–H and O–H groups in total. The van der Waals surface area contributed by atoms with E-state index in [-0.39, 0.29) is 0 Å². The molecule has 0 aliphatic rings. The lowest BCUT2D eigenvalue weighted by Crippen LogP contribution is -2.37. The number of guanidine groups is 1. The molecule has 0 unspecified atom stereocenters. The van der Waals surface area contributed by atoms with Crippen LogP contribution in [0, 0.1) is 0 Å². The summed E-state index contributed by atoms with van der Waals surface area (Å²) in [5, 5.41) is 8.67. The maximum absolute atomic E-state index is 4.61. The quantitative estimate of drug-likeness (QED) is 0.337. The molecule has 0 aliphatic heterocycles. The molecule has 2 rings (SSSR count). The lowest BCUT2D eigenvalue weighted by molar-refractivity contribution is 0.789. The van der Waals surface area contributed by atoms with E-state index in [4.69, 9.17) is 0 Å². The van der Waals surface area contributed by atoms with Crippen LogP contribution in [-0.2, 0) is 13.6 Å². The van der Waals surface area contributed by atoms with Gasteiger partial charge in [0.05, 0.1) is 6.54 Å². The van der Waals surface area contributed by atoms with Crippen LogP contribution >= 0.6 is 23.1 Å². The highest BCUT2D eigenvalue weighted by atomic mass is 32.2. The van der Waals surface area contributed by atoms with E-state index in [1.807, 2.05) is 41.2 Å². The molecule has 0 saturated carbocycles. The van der Waals surface area contributed by atoms with Crippen molar-refractivity contribution in [1.29, 1.82) is 0 Å². The molecule has 0 fully saturated rings. The topological polar surface area (TPSA) is 54.2 Å². The van der Waals surface area contributed by atoms with Crippen molar-refractivity contribution < 1.29 is 0 Å². The summed E-state index contributed by atoms with van der Waals surface area (Å²) in [6, 6.07) is 2.09. The van der Waals surface area contributed by atoms with Crippen molar-refractivity contribution in [2.24, 2.45) is 12.0 Å². The summed E-state index contributed by atoms with van der Waals surface area (Å²) < 4.78 is 3.19. The van der Waals surface area contributed by atoms with Gasteiger partial charge < -0.3 is 15.2 Å². The summed E-state index contributed by atoms with van der Waals surface area (Å²) >= 11 is 3.51. The minimum absolute atomic E-state index is 0.698. The van der Waals surface area contributed by atoms with Crippen LogP contribution in [0.2, 0.25) is 0 Å². The predicted molar refractivity (Wildman–Crippen MR) is 95.7 cm³/mol. The van der Waals surface area contributed by atoms with E-state index < -0.39 is 0 Å². The van der Waals surface area contributed by atoms with Gasteiger partial charge in [0.2, 0.25) is 0 Å². The van der Waals surface area contributed by atoms with E-state index in [1.54, 1.807) is 11.3 Å². The van der Waals surface area contributed by atoms with Crippen LogP contribution in [0.5, 0.6) is 0 Å². The molecule has 0 spiro atoms. The lowest BCUT2D eigenvalue weighted by atomic mass is 10.3. The first-order valence-electron chi connectivity index (χ1n) is 7.43. The highest BCUT2D eigenvalue weighted by molar-refractivity contribution is 8.00. The van der Waals surface area contributed by atoms with Gasteiger partial charge in [-0.15, -0.1) is 11.3 Å². The Morgan fingerprint density at radius 1 is 1.45 bits per heavy atom. The van der Waals surface area contributed by atoms with Crippen molar-refractivity contribution in [3.63, 3.8) is 0 Å². The highest BCUT2D eigenvalue weighted by Gasteiger charge is 1.99. The summed E-state index contributed by atoms with van der Waals surface area (Å²) in [7, 11) is 2.02. The highest BCUT2D eigenvalue weighted by Crippen LogP contribution is 2.20. The minimum Gasteiger partial charge on any atom is -0.357 e. The van der Waals surface area contributed by atoms with Gasteiger partial charge in [-0.1, -0.05) is 11.8 Å². The predicted octanol–water partition coefficient (Wildman–Crippen LogP) is 2.72. The molecule has 0 aromatic carbocycles. The molecule has 0 aliphatic carbocycles. The Morgan fingerprint density at radius 3 is 3.05 bits per heavy atom. The van der Waals surface area contributed by atoms with Gasteiger partial charge >= 0.3 is 0 Å². The Labute approximate surface area is 140 Å². The molecule has 2 heterocycles. The van der Waals surface area contributed by atoms with Crippen molar-refractivity contribution in [1.82, 2.24) is 20.2 Å². The Hall–Kier alpha value is -1.47. The third kappa shape index (κ3) is 6.11. The smallest absolute Gasteiger partial charge is 0.191 e. The largest absolute Gasteiger partial charge is 0.357 e. The van der Waals surface area contributed by atoms with Crippen LogP contribution in [0.1, 0.15) is 18.9 Å². The molecule has 0 atom stereocenters. The van der Waals surface area contributed by atoms with Crippen LogP contribution in [0.15, 0.2) is 39.4 Å². The minimum atomic E-state index is 0.698. The average molecular weight is 338 g/mol. The lowest BCUT2D eigenvalue weighted by Gasteiger charge is -2.10. The van der Waals surface area contributed by atoms with Crippen molar-refractivity contribution in [3.8, 4) is 0 Å². The fourth-order valence-corrected chi connectivity index (χ4v) is 3.53. The first-order valence-corrected chi connectivity index (χ1v) is 9.29. The van der Waals surface area contributed by atoms with Gasteiger partial charge in [-0.3, -0.25) is 0 Å². The summed E-state index contributed by atoms with van der Waals surface area (Å²) in [6.07, 6.45) is 7.07. The zero-order valence-electron chi connectivity index (χ0n) is 13.1. The molecule has 2 aromatic rings. The number of hydrogen-bond donors (Lipinski definition) is 2. The van der Waals surface area contributed by atoms with E-state index in [1.165, 1.54) is 5.56 Å². The summed E-state index contributed by atoms with van der Waals surface area (Å²) in [4.78, 5) is 8.88. The monoisotopic (exact) mass is 337 g/mol. The molecule has 0 bridgehead atoms. The normalized spacial score (nSPS) is 11.6. The molecule has 2 aromatic heterocycles. The van der Waals surface area contributed by atoms with Crippen LogP contribution in [0.3, 0.4) is 0 Å². The molecule has 7 heteroatoms. The van der Waals surface area contributed by atoms with Crippen LogP contribution < -0.4 is 10.6 Å². The number of thiazole rings is 1. The summed E-state index contributed by atoms with van der Waals surface area (Å²) in [5.41, 5.74) is 1.22. The molecule has 0 amide bonds. The van der Waals surface area contributed by atoms with Crippen LogP contribution in [0.4, 0.5) is 0 Å². The number of aryl methyl sites for hydroxylation is 1. The maximum atomic E-state index is 4.61. The molecule has 5 nitrogen and oxygen atoms in total. The zero-order valence-corrected chi connectivity index (χ0v) is 14.7. The van der Waals surface area contributed by atoms with Gasteiger partial charge in [0.25, 0.3) is 0 Å². The fourth-order valence-electron chi connectivity index (χ4n) is 1.89. The first-order chi connectivity index (χ1) is 10.8. The fraction of sp³-hybridized carbons (Fsp3) is 0.467. The molecule has 0 saturated heterocycles. The van der Waals surface area contributed by atoms with Gasteiger partial charge in [0, 0.05) is 49.9 Å². The standard InChI is InChI=1S/C15H23N5S2/c1-3-16-14(19-11-13-5-8-20(2)12-13)17-6-4-9-21-15-18-7-10-22-15/h5,7-8,10,12H,3-4,6,9,11H2,1-2H3,(H2,16,17,19). The number of nitrogens with one attached hydrogen (secondary N) is 2. The van der Waals surface area contributed by atoms with Gasteiger partial charge in [-0.2, -0.15) is 0 Å². The number of rotatable bonds is 8. The molecule has 22 heavy (non-hydrogen) atoms. The van der Waals surface area contributed by atoms with Crippen LogP contribution in [0.25, 0.3) is 0 Å². The van der Waals surface area contributed by atoms with Gasteiger partial charge in [0.1, 0.15) is 4.34 Å². The van der Waals surface area contributed by atoms with E-state index in [2.05, 4.69) is 39.8 Å². The van der Waals surface area contributed by atoms with Crippen molar-refractivity contribution in [3.05, 3.63) is 35.6 Å². The van der Waals surface area contributed by atoms with Crippen LogP contribution in [-0.4, -0.2) is 34.4 Å². The molecular formula is C15H23N5S2.